The summed E-state index contributed by atoms with van der Waals surface area (Å²) in [5, 5.41) is 3.79. The van der Waals surface area contributed by atoms with E-state index in [2.05, 4.69) is 10.1 Å². The molecule has 1 aliphatic rings. The molecule has 2 atom stereocenters. The van der Waals surface area contributed by atoms with Crippen molar-refractivity contribution in [2.75, 3.05) is 13.2 Å². The third-order valence-corrected chi connectivity index (χ3v) is 2.98. The quantitative estimate of drug-likeness (QED) is 0.760. The number of morpholine rings is 1. The van der Waals surface area contributed by atoms with E-state index in [9.17, 15) is 4.79 Å². The second kappa shape index (κ2) is 5.52. The molecule has 0 saturated carbocycles. The molecule has 6 heteroatoms. The van der Waals surface area contributed by atoms with Crippen LogP contribution in [0, 0.1) is 6.92 Å². The van der Waals surface area contributed by atoms with Crippen LogP contribution in [0.4, 0.5) is 0 Å². The molecule has 0 aromatic carbocycles. The topological polar surface area (TPSA) is 68.5 Å². The monoisotopic (exact) mass is 265 g/mol. The lowest BCUT2D eigenvalue weighted by molar-refractivity contribution is -0.142. The highest BCUT2D eigenvalue weighted by Crippen LogP contribution is 2.28. The molecule has 2 rings (SSSR count). The Morgan fingerprint density at radius 2 is 2.21 bits per heavy atom. The van der Waals surface area contributed by atoms with Crippen LogP contribution in [0.5, 0.6) is 0 Å². The van der Waals surface area contributed by atoms with Gasteiger partial charge in [-0.1, -0.05) is 10.7 Å². The Balaban J connectivity index is 2.29. The van der Waals surface area contributed by atoms with Crippen molar-refractivity contribution >= 4 is 5.91 Å². The van der Waals surface area contributed by atoms with Crippen LogP contribution in [0.3, 0.4) is 0 Å². The summed E-state index contributed by atoms with van der Waals surface area (Å²) in [5.74, 6) is 0.943. The Morgan fingerprint density at radius 1 is 1.47 bits per heavy atom. The van der Waals surface area contributed by atoms with Gasteiger partial charge in [0.05, 0.1) is 12.7 Å². The van der Waals surface area contributed by atoms with E-state index in [1.54, 1.807) is 17.9 Å². The number of nitrogens with zero attached hydrogens (tertiary/aromatic N) is 3. The predicted octanol–water partition coefficient (Wildman–Crippen LogP) is 1.63. The molecular weight excluding hydrogens is 246 g/mol. The highest BCUT2D eigenvalue weighted by atomic mass is 16.5. The molecule has 0 bridgehead atoms. The normalized spacial score (nSPS) is 23.3. The van der Waals surface area contributed by atoms with Crippen molar-refractivity contribution in [1.82, 2.24) is 15.0 Å². The molecular formula is C13H19N3O3. The number of aryl methyl sites for hydroxylation is 1. The van der Waals surface area contributed by atoms with E-state index in [0.717, 1.165) is 5.57 Å². The van der Waals surface area contributed by atoms with Gasteiger partial charge in [0.15, 0.2) is 5.82 Å². The van der Waals surface area contributed by atoms with Gasteiger partial charge in [-0.2, -0.15) is 4.98 Å². The molecule has 1 fully saturated rings. The molecule has 0 spiro atoms. The van der Waals surface area contributed by atoms with Gasteiger partial charge in [0.1, 0.15) is 6.04 Å². The van der Waals surface area contributed by atoms with Crippen LogP contribution in [0.15, 0.2) is 16.2 Å². The first-order valence-electron chi connectivity index (χ1n) is 6.36. The van der Waals surface area contributed by atoms with Crippen molar-refractivity contribution < 1.29 is 14.1 Å². The Labute approximate surface area is 112 Å². The Morgan fingerprint density at radius 3 is 2.79 bits per heavy atom. The van der Waals surface area contributed by atoms with Gasteiger partial charge in [0, 0.05) is 12.6 Å². The predicted molar refractivity (Wildman–Crippen MR) is 68.3 cm³/mol. The number of amides is 1. The second-order valence-corrected chi connectivity index (χ2v) is 4.95. The first-order valence-corrected chi connectivity index (χ1v) is 6.36. The molecule has 0 radical (unpaired) electrons. The fourth-order valence-corrected chi connectivity index (χ4v) is 2.17. The number of hydrogen-bond donors (Lipinski definition) is 0. The van der Waals surface area contributed by atoms with E-state index in [0.29, 0.717) is 24.9 Å². The number of carbonyl (C=O) groups excluding carboxylic acids is 1. The molecule has 0 aliphatic carbocycles. The fraction of sp³-hybridized carbons (Fsp3) is 0.615. The lowest BCUT2D eigenvalue weighted by Gasteiger charge is -2.37. The molecule has 6 nitrogen and oxygen atoms in total. The maximum atomic E-state index is 12.2. The molecule has 104 valence electrons. The van der Waals surface area contributed by atoms with Crippen LogP contribution < -0.4 is 0 Å². The summed E-state index contributed by atoms with van der Waals surface area (Å²) in [4.78, 5) is 18.2. The van der Waals surface area contributed by atoms with Crippen LogP contribution >= 0.6 is 0 Å². The zero-order valence-corrected chi connectivity index (χ0v) is 11.7. The molecule has 1 aromatic rings. The van der Waals surface area contributed by atoms with Gasteiger partial charge in [-0.05, 0) is 27.7 Å². The third kappa shape index (κ3) is 3.01. The average molecular weight is 265 g/mol. The van der Waals surface area contributed by atoms with Crippen molar-refractivity contribution in [2.45, 2.75) is 39.8 Å². The summed E-state index contributed by atoms with van der Waals surface area (Å²) in [6.45, 7) is 8.50. The minimum absolute atomic E-state index is 0.0454. The van der Waals surface area contributed by atoms with Crippen molar-refractivity contribution in [1.29, 1.82) is 0 Å². The van der Waals surface area contributed by atoms with Gasteiger partial charge >= 0.3 is 0 Å². The van der Waals surface area contributed by atoms with Crippen LogP contribution in [-0.2, 0) is 9.53 Å². The van der Waals surface area contributed by atoms with Crippen molar-refractivity contribution in [3.8, 4) is 0 Å². The number of aromatic nitrogens is 2. The summed E-state index contributed by atoms with van der Waals surface area (Å²) in [7, 11) is 0. The van der Waals surface area contributed by atoms with E-state index in [1.165, 1.54) is 0 Å². The average Bonchev–Trinajstić information content (AvgIpc) is 2.74. The number of carbonyl (C=O) groups is 1. The highest BCUT2D eigenvalue weighted by Gasteiger charge is 2.37. The molecule has 2 heterocycles. The fourth-order valence-electron chi connectivity index (χ4n) is 2.17. The largest absolute Gasteiger partial charge is 0.374 e. The SMILES string of the molecule is CC(C)=CC(=O)N1CCO[C@H](C)[C@H]1c1nc(C)no1. The van der Waals surface area contributed by atoms with Gasteiger partial charge in [-0.25, -0.2) is 0 Å². The van der Waals surface area contributed by atoms with E-state index in [4.69, 9.17) is 9.26 Å². The zero-order chi connectivity index (χ0) is 14.0. The van der Waals surface area contributed by atoms with Crippen LogP contribution in [0.25, 0.3) is 0 Å². The standard InChI is InChI=1S/C13H19N3O3/c1-8(2)7-11(17)16-5-6-18-9(3)12(16)13-14-10(4)15-19-13/h7,9,12H,5-6H2,1-4H3/t9-,12+/m1/s1. The zero-order valence-electron chi connectivity index (χ0n) is 11.7. The Bertz CT molecular complexity index is 491. The molecule has 1 aromatic heterocycles. The third-order valence-electron chi connectivity index (χ3n) is 2.98. The molecule has 1 saturated heterocycles. The molecule has 1 amide bonds. The molecule has 19 heavy (non-hydrogen) atoms. The Kier molecular flexibility index (Phi) is 3.99. The lowest BCUT2D eigenvalue weighted by Crippen LogP contribution is -2.46. The van der Waals surface area contributed by atoms with E-state index < -0.39 is 0 Å². The number of ether oxygens (including phenoxy) is 1. The number of allylic oxidation sites excluding steroid dienone is 1. The Hall–Kier alpha value is -1.69. The summed E-state index contributed by atoms with van der Waals surface area (Å²) in [5.41, 5.74) is 0.963. The molecule has 0 unspecified atom stereocenters. The van der Waals surface area contributed by atoms with Gasteiger partial charge in [-0.3, -0.25) is 4.79 Å². The summed E-state index contributed by atoms with van der Waals surface area (Å²) >= 11 is 0. The smallest absolute Gasteiger partial charge is 0.252 e. The first kappa shape index (κ1) is 13.7. The van der Waals surface area contributed by atoms with Crippen LogP contribution in [0.2, 0.25) is 0 Å². The molecule has 1 aliphatic heterocycles. The van der Waals surface area contributed by atoms with Gasteiger partial charge in [0.25, 0.3) is 5.89 Å². The second-order valence-electron chi connectivity index (χ2n) is 4.95. The van der Waals surface area contributed by atoms with Crippen LogP contribution in [-0.4, -0.2) is 40.2 Å². The van der Waals surface area contributed by atoms with Crippen molar-refractivity contribution in [3.63, 3.8) is 0 Å². The number of rotatable bonds is 2. The van der Waals surface area contributed by atoms with E-state index >= 15 is 0 Å². The lowest BCUT2D eigenvalue weighted by atomic mass is 10.1. The highest BCUT2D eigenvalue weighted by molar-refractivity contribution is 5.88. The van der Waals surface area contributed by atoms with E-state index in [-0.39, 0.29) is 18.1 Å². The summed E-state index contributed by atoms with van der Waals surface area (Å²) in [6, 6.07) is -0.321. The van der Waals surface area contributed by atoms with Crippen molar-refractivity contribution in [2.24, 2.45) is 0 Å². The maximum Gasteiger partial charge on any atom is 0.252 e. The van der Waals surface area contributed by atoms with Crippen molar-refractivity contribution in [3.05, 3.63) is 23.4 Å². The first-order chi connectivity index (χ1) is 8.99. The van der Waals surface area contributed by atoms with Gasteiger partial charge in [-0.15, -0.1) is 0 Å². The van der Waals surface area contributed by atoms with E-state index in [1.807, 2.05) is 20.8 Å². The minimum atomic E-state index is -0.321. The molecule has 0 N–H and O–H groups in total. The summed E-state index contributed by atoms with van der Waals surface area (Å²) < 4.78 is 10.8. The maximum absolute atomic E-state index is 12.2. The summed E-state index contributed by atoms with van der Waals surface area (Å²) in [6.07, 6.45) is 1.46. The van der Waals surface area contributed by atoms with Gasteiger partial charge in [0.2, 0.25) is 5.91 Å². The van der Waals surface area contributed by atoms with Crippen LogP contribution in [0.1, 0.15) is 38.5 Å². The number of hydrogen-bond acceptors (Lipinski definition) is 5. The van der Waals surface area contributed by atoms with Gasteiger partial charge < -0.3 is 14.2 Å². The minimum Gasteiger partial charge on any atom is -0.374 e.